The molecule has 1 heterocycles. The van der Waals surface area contributed by atoms with E-state index in [0.717, 1.165) is 29.4 Å². The molecular weight excluding hydrogens is 258 g/mol. The van der Waals surface area contributed by atoms with Crippen molar-refractivity contribution >= 4 is 11.6 Å². The van der Waals surface area contributed by atoms with Gasteiger partial charge in [0.15, 0.2) is 0 Å². The summed E-state index contributed by atoms with van der Waals surface area (Å²) in [4.78, 5) is 0. The smallest absolute Gasteiger partial charge is 0.123 e. The fraction of sp³-hybridized carbons (Fsp3) is 0.250. The summed E-state index contributed by atoms with van der Waals surface area (Å²) in [5, 5.41) is 4.04. The predicted octanol–water partition coefficient (Wildman–Crippen LogP) is 3.61. The number of hydrogen-bond donors (Lipinski definition) is 1. The third kappa shape index (κ3) is 2.91. The van der Waals surface area contributed by atoms with Gasteiger partial charge in [0.25, 0.3) is 0 Å². The monoisotopic (exact) mass is 273 g/mol. The van der Waals surface area contributed by atoms with Crippen LogP contribution in [0, 0.1) is 0 Å². The molecular formula is C16H16ClNO. The predicted molar refractivity (Wildman–Crippen MR) is 77.8 cm³/mol. The summed E-state index contributed by atoms with van der Waals surface area (Å²) in [6.07, 6.45) is 0. The summed E-state index contributed by atoms with van der Waals surface area (Å²) in [5.74, 6) is 1.56. The third-order valence-corrected chi connectivity index (χ3v) is 3.66. The van der Waals surface area contributed by atoms with E-state index >= 15 is 0 Å². The van der Waals surface area contributed by atoms with Crippen molar-refractivity contribution in [2.24, 2.45) is 0 Å². The zero-order chi connectivity index (χ0) is 13.1. The van der Waals surface area contributed by atoms with Crippen LogP contribution >= 0.6 is 11.6 Å². The van der Waals surface area contributed by atoms with Crippen molar-refractivity contribution in [3.8, 4) is 5.75 Å². The highest BCUT2D eigenvalue weighted by Gasteiger charge is 2.21. The van der Waals surface area contributed by atoms with E-state index in [2.05, 4.69) is 17.4 Å². The number of para-hydroxylation sites is 1. The maximum absolute atomic E-state index is 5.98. The van der Waals surface area contributed by atoms with E-state index in [-0.39, 0.29) is 0 Å². The van der Waals surface area contributed by atoms with E-state index < -0.39 is 0 Å². The molecule has 1 fully saturated rings. The van der Waals surface area contributed by atoms with Gasteiger partial charge in [-0.1, -0.05) is 41.9 Å². The van der Waals surface area contributed by atoms with Crippen molar-refractivity contribution < 1.29 is 4.74 Å². The molecule has 0 spiro atoms. The molecule has 1 aliphatic heterocycles. The summed E-state index contributed by atoms with van der Waals surface area (Å²) in [6, 6.07) is 16.1. The number of benzene rings is 2. The first-order valence-electron chi connectivity index (χ1n) is 6.50. The van der Waals surface area contributed by atoms with Gasteiger partial charge < -0.3 is 10.1 Å². The second-order valence-electron chi connectivity index (χ2n) is 4.81. The number of rotatable bonds is 4. The van der Waals surface area contributed by atoms with Crippen LogP contribution in [0.1, 0.15) is 17.0 Å². The van der Waals surface area contributed by atoms with Crippen molar-refractivity contribution in [2.45, 2.75) is 12.5 Å². The Bertz CT molecular complexity index is 566. The average Bonchev–Trinajstić information content (AvgIpc) is 2.36. The van der Waals surface area contributed by atoms with Crippen LogP contribution < -0.4 is 10.1 Å². The quantitative estimate of drug-likeness (QED) is 0.919. The minimum absolute atomic E-state index is 0.553. The van der Waals surface area contributed by atoms with Crippen molar-refractivity contribution in [1.29, 1.82) is 0 Å². The van der Waals surface area contributed by atoms with Crippen molar-refractivity contribution in [2.75, 3.05) is 13.1 Å². The van der Waals surface area contributed by atoms with Gasteiger partial charge in [-0.05, 0) is 29.3 Å². The Kier molecular flexibility index (Phi) is 3.72. The van der Waals surface area contributed by atoms with Crippen LogP contribution in [-0.2, 0) is 6.61 Å². The molecule has 0 bridgehead atoms. The molecule has 98 valence electrons. The Morgan fingerprint density at radius 1 is 1.11 bits per heavy atom. The molecule has 3 rings (SSSR count). The van der Waals surface area contributed by atoms with Crippen LogP contribution in [0.2, 0.25) is 5.02 Å². The van der Waals surface area contributed by atoms with E-state index in [4.69, 9.17) is 16.3 Å². The van der Waals surface area contributed by atoms with Crippen molar-refractivity contribution in [3.05, 3.63) is 64.7 Å². The number of halogens is 1. The minimum Gasteiger partial charge on any atom is -0.489 e. The molecule has 2 aromatic rings. The molecule has 0 unspecified atom stereocenters. The topological polar surface area (TPSA) is 21.3 Å². The van der Waals surface area contributed by atoms with Gasteiger partial charge >= 0.3 is 0 Å². The van der Waals surface area contributed by atoms with Crippen molar-refractivity contribution in [3.63, 3.8) is 0 Å². The van der Waals surface area contributed by atoms with Crippen LogP contribution in [-0.4, -0.2) is 13.1 Å². The average molecular weight is 274 g/mol. The number of nitrogens with one attached hydrogen (secondary N) is 1. The maximum Gasteiger partial charge on any atom is 0.123 e. The highest BCUT2D eigenvalue weighted by atomic mass is 35.5. The van der Waals surface area contributed by atoms with Gasteiger partial charge in [0.05, 0.1) is 0 Å². The maximum atomic E-state index is 5.98. The van der Waals surface area contributed by atoms with E-state index in [1.54, 1.807) is 0 Å². The highest BCUT2D eigenvalue weighted by Crippen LogP contribution is 2.29. The summed E-state index contributed by atoms with van der Waals surface area (Å²) in [7, 11) is 0. The summed E-state index contributed by atoms with van der Waals surface area (Å²) in [5.41, 5.74) is 2.39. The zero-order valence-electron chi connectivity index (χ0n) is 10.6. The molecule has 0 aliphatic carbocycles. The Morgan fingerprint density at radius 2 is 1.95 bits per heavy atom. The molecule has 2 aromatic carbocycles. The molecule has 1 saturated heterocycles. The normalized spacial score (nSPS) is 15.0. The Hall–Kier alpha value is -1.51. The molecule has 0 aromatic heterocycles. The van der Waals surface area contributed by atoms with Gasteiger partial charge in [-0.2, -0.15) is 0 Å². The number of hydrogen-bond acceptors (Lipinski definition) is 2. The summed E-state index contributed by atoms with van der Waals surface area (Å²) in [6.45, 7) is 2.63. The van der Waals surface area contributed by atoms with Crippen LogP contribution in [0.15, 0.2) is 48.5 Å². The molecule has 2 nitrogen and oxygen atoms in total. The first-order valence-corrected chi connectivity index (χ1v) is 6.87. The van der Waals surface area contributed by atoms with Gasteiger partial charge in [0, 0.05) is 24.0 Å². The third-order valence-electron chi connectivity index (χ3n) is 3.42. The minimum atomic E-state index is 0.553. The molecule has 0 amide bonds. The van der Waals surface area contributed by atoms with Gasteiger partial charge in [0.1, 0.15) is 12.4 Å². The van der Waals surface area contributed by atoms with Crippen LogP contribution in [0.5, 0.6) is 5.75 Å². The van der Waals surface area contributed by atoms with Crippen molar-refractivity contribution in [1.82, 2.24) is 5.32 Å². The lowest BCUT2D eigenvalue weighted by Crippen LogP contribution is -2.40. The van der Waals surface area contributed by atoms with E-state index in [0.29, 0.717) is 12.5 Å². The molecule has 19 heavy (non-hydrogen) atoms. The fourth-order valence-corrected chi connectivity index (χ4v) is 2.46. The lowest BCUT2D eigenvalue weighted by Gasteiger charge is -2.29. The summed E-state index contributed by atoms with van der Waals surface area (Å²) >= 11 is 5.98. The Balaban J connectivity index is 1.73. The Morgan fingerprint density at radius 3 is 2.68 bits per heavy atom. The second kappa shape index (κ2) is 5.64. The second-order valence-corrected chi connectivity index (χ2v) is 5.25. The molecule has 0 saturated carbocycles. The van der Waals surface area contributed by atoms with Gasteiger partial charge in [-0.15, -0.1) is 0 Å². The van der Waals surface area contributed by atoms with Gasteiger partial charge in [-0.25, -0.2) is 0 Å². The van der Waals surface area contributed by atoms with Crippen LogP contribution in [0.4, 0.5) is 0 Å². The first kappa shape index (κ1) is 12.5. The fourth-order valence-electron chi connectivity index (χ4n) is 2.25. The molecule has 3 heteroatoms. The van der Waals surface area contributed by atoms with Gasteiger partial charge in [-0.3, -0.25) is 0 Å². The molecule has 0 atom stereocenters. The van der Waals surface area contributed by atoms with E-state index in [1.807, 2.05) is 36.4 Å². The lowest BCUT2D eigenvalue weighted by atomic mass is 9.93. The molecule has 0 radical (unpaired) electrons. The zero-order valence-corrected chi connectivity index (χ0v) is 11.4. The first-order chi connectivity index (χ1) is 9.33. The Labute approximate surface area is 118 Å². The van der Waals surface area contributed by atoms with Gasteiger partial charge in [0.2, 0.25) is 0 Å². The largest absolute Gasteiger partial charge is 0.489 e. The van der Waals surface area contributed by atoms with E-state index in [9.17, 15) is 0 Å². The standard InChI is InChI=1S/C16H16ClNO/c17-14-5-3-4-12(8-14)11-19-16-7-2-1-6-15(16)13-9-18-10-13/h1-8,13,18H,9-11H2. The van der Waals surface area contributed by atoms with E-state index in [1.165, 1.54) is 5.56 Å². The highest BCUT2D eigenvalue weighted by molar-refractivity contribution is 6.30. The molecule has 1 aliphatic rings. The SMILES string of the molecule is Clc1cccc(COc2ccccc2C2CNC2)c1. The summed E-state index contributed by atoms with van der Waals surface area (Å²) < 4.78 is 5.95. The van der Waals surface area contributed by atoms with Crippen LogP contribution in [0.3, 0.4) is 0 Å². The number of ether oxygens (including phenoxy) is 1. The van der Waals surface area contributed by atoms with Crippen LogP contribution in [0.25, 0.3) is 0 Å². The molecule has 1 N–H and O–H groups in total. The lowest BCUT2D eigenvalue weighted by molar-refractivity contribution is 0.296.